The van der Waals surface area contributed by atoms with Crippen LogP contribution in [0.15, 0.2) is 54.6 Å². The maximum Gasteiger partial charge on any atom is 0.494 e. The Hall–Kier alpha value is -1.58. The smallest absolute Gasteiger partial charge is 0.402 e. The van der Waals surface area contributed by atoms with E-state index in [4.69, 9.17) is 9.31 Å². The van der Waals surface area contributed by atoms with Gasteiger partial charge in [-0.25, -0.2) is 0 Å². The fraction of sp³-hybridized carbons (Fsp3) is 0.368. The average Bonchev–Trinajstić information content (AvgIpc) is 2.45. The molecule has 3 heteroatoms. The lowest BCUT2D eigenvalue weighted by molar-refractivity contribution is -0.0716. The van der Waals surface area contributed by atoms with Crippen LogP contribution in [0.4, 0.5) is 0 Å². The molecular weight excluding hydrogens is 271 g/mol. The molecule has 2 aromatic carbocycles. The fourth-order valence-corrected chi connectivity index (χ4v) is 3.31. The minimum atomic E-state index is -0.302. The molecule has 0 spiro atoms. The Morgan fingerprint density at radius 2 is 1.23 bits per heavy atom. The van der Waals surface area contributed by atoms with E-state index in [-0.39, 0.29) is 18.3 Å². The standard InChI is InChI=1S/C19H23BO2/c1-18(2)14-19(3,4)22-20(21-18)17-12-10-16(11-13-17)15-8-6-5-7-9-15/h5-13H,14H2,1-4H3. The highest BCUT2D eigenvalue weighted by atomic mass is 16.6. The second-order valence-corrected chi connectivity index (χ2v) is 7.25. The van der Waals surface area contributed by atoms with Gasteiger partial charge in [0, 0.05) is 6.42 Å². The Kier molecular flexibility index (Phi) is 3.88. The zero-order valence-electron chi connectivity index (χ0n) is 13.8. The van der Waals surface area contributed by atoms with Gasteiger partial charge >= 0.3 is 7.12 Å². The summed E-state index contributed by atoms with van der Waals surface area (Å²) in [5, 5.41) is 0. The van der Waals surface area contributed by atoms with Crippen molar-refractivity contribution in [3.8, 4) is 11.1 Å². The fourth-order valence-electron chi connectivity index (χ4n) is 3.31. The summed E-state index contributed by atoms with van der Waals surface area (Å²) >= 11 is 0. The molecule has 0 saturated carbocycles. The van der Waals surface area contributed by atoms with Crippen molar-refractivity contribution < 1.29 is 9.31 Å². The molecule has 0 radical (unpaired) electrons. The van der Waals surface area contributed by atoms with Gasteiger partial charge < -0.3 is 9.31 Å². The predicted octanol–water partition coefficient (Wildman–Crippen LogP) is 4.04. The SMILES string of the molecule is CC1(C)CC(C)(C)OB(c2ccc(-c3ccccc3)cc2)O1. The Labute approximate surface area is 133 Å². The van der Waals surface area contributed by atoms with Crippen molar-refractivity contribution in [2.45, 2.75) is 45.3 Å². The van der Waals surface area contributed by atoms with Crippen LogP contribution >= 0.6 is 0 Å². The monoisotopic (exact) mass is 294 g/mol. The van der Waals surface area contributed by atoms with Crippen molar-refractivity contribution in [1.82, 2.24) is 0 Å². The third-order valence-corrected chi connectivity index (χ3v) is 3.99. The number of hydrogen-bond donors (Lipinski definition) is 0. The second-order valence-electron chi connectivity index (χ2n) is 7.25. The Bertz CT molecular complexity index is 616. The zero-order chi connectivity index (χ0) is 15.8. The highest BCUT2D eigenvalue weighted by molar-refractivity contribution is 6.61. The highest BCUT2D eigenvalue weighted by Gasteiger charge is 2.43. The van der Waals surface area contributed by atoms with Crippen molar-refractivity contribution in [2.75, 3.05) is 0 Å². The molecule has 0 bridgehead atoms. The first-order chi connectivity index (χ1) is 10.3. The van der Waals surface area contributed by atoms with Crippen molar-refractivity contribution >= 4 is 12.6 Å². The van der Waals surface area contributed by atoms with E-state index in [0.717, 1.165) is 11.9 Å². The molecule has 0 N–H and O–H groups in total. The minimum absolute atomic E-state index is 0.176. The maximum absolute atomic E-state index is 6.12. The number of rotatable bonds is 2. The topological polar surface area (TPSA) is 18.5 Å². The maximum atomic E-state index is 6.12. The molecule has 1 aliphatic heterocycles. The average molecular weight is 294 g/mol. The van der Waals surface area contributed by atoms with Gasteiger partial charge in [0.05, 0.1) is 11.2 Å². The molecule has 1 saturated heterocycles. The van der Waals surface area contributed by atoms with Crippen molar-refractivity contribution in [3.63, 3.8) is 0 Å². The van der Waals surface area contributed by atoms with E-state index in [0.29, 0.717) is 0 Å². The third-order valence-electron chi connectivity index (χ3n) is 3.99. The molecule has 114 valence electrons. The van der Waals surface area contributed by atoms with Crippen LogP contribution in [0, 0.1) is 0 Å². The van der Waals surface area contributed by atoms with Crippen LogP contribution in [0.1, 0.15) is 34.1 Å². The summed E-state index contributed by atoms with van der Waals surface area (Å²) in [5.74, 6) is 0. The van der Waals surface area contributed by atoms with Crippen LogP contribution in [0.25, 0.3) is 11.1 Å². The second kappa shape index (κ2) is 5.56. The van der Waals surface area contributed by atoms with E-state index in [9.17, 15) is 0 Å². The Morgan fingerprint density at radius 3 is 1.77 bits per heavy atom. The molecule has 1 heterocycles. The molecule has 0 aliphatic carbocycles. The van der Waals surface area contributed by atoms with Gasteiger partial charge in [-0.3, -0.25) is 0 Å². The molecular formula is C19H23BO2. The predicted molar refractivity (Wildman–Crippen MR) is 92.2 cm³/mol. The van der Waals surface area contributed by atoms with Crippen molar-refractivity contribution in [1.29, 1.82) is 0 Å². The molecule has 3 rings (SSSR count). The van der Waals surface area contributed by atoms with E-state index in [1.807, 2.05) is 6.07 Å². The molecule has 2 nitrogen and oxygen atoms in total. The molecule has 0 unspecified atom stereocenters. The van der Waals surface area contributed by atoms with Crippen LogP contribution < -0.4 is 5.46 Å². The zero-order valence-corrected chi connectivity index (χ0v) is 13.8. The van der Waals surface area contributed by atoms with E-state index in [2.05, 4.69) is 76.2 Å². The van der Waals surface area contributed by atoms with Gasteiger partial charge in [0.25, 0.3) is 0 Å². The summed E-state index contributed by atoms with van der Waals surface area (Å²) < 4.78 is 12.2. The van der Waals surface area contributed by atoms with Crippen LogP contribution in [0.5, 0.6) is 0 Å². The number of hydrogen-bond acceptors (Lipinski definition) is 2. The van der Waals surface area contributed by atoms with Gasteiger partial charge in [0.15, 0.2) is 0 Å². The molecule has 22 heavy (non-hydrogen) atoms. The summed E-state index contributed by atoms with van der Waals surface area (Å²) in [6.45, 7) is 8.51. The molecule has 1 aliphatic rings. The highest BCUT2D eigenvalue weighted by Crippen LogP contribution is 2.33. The lowest BCUT2D eigenvalue weighted by Gasteiger charge is -2.44. The third kappa shape index (κ3) is 3.42. The van der Waals surface area contributed by atoms with Gasteiger partial charge in [-0.05, 0) is 44.3 Å². The number of benzene rings is 2. The summed E-state index contributed by atoms with van der Waals surface area (Å²) in [4.78, 5) is 0. The Balaban J connectivity index is 1.84. The van der Waals surface area contributed by atoms with Crippen molar-refractivity contribution in [3.05, 3.63) is 54.6 Å². The van der Waals surface area contributed by atoms with Gasteiger partial charge in [0.1, 0.15) is 0 Å². The summed E-state index contributed by atoms with van der Waals surface area (Å²) in [5.41, 5.74) is 3.15. The first-order valence-electron chi connectivity index (χ1n) is 7.86. The van der Waals surface area contributed by atoms with Crippen LogP contribution in [0.3, 0.4) is 0 Å². The van der Waals surface area contributed by atoms with E-state index < -0.39 is 0 Å². The van der Waals surface area contributed by atoms with Crippen LogP contribution in [-0.2, 0) is 9.31 Å². The van der Waals surface area contributed by atoms with Crippen molar-refractivity contribution in [2.24, 2.45) is 0 Å². The summed E-state index contributed by atoms with van der Waals surface area (Å²) in [7, 11) is -0.302. The lowest BCUT2D eigenvalue weighted by Crippen LogP contribution is -2.56. The van der Waals surface area contributed by atoms with Gasteiger partial charge in [-0.2, -0.15) is 0 Å². The summed E-state index contributed by atoms with van der Waals surface area (Å²) in [6.07, 6.45) is 0.887. The summed E-state index contributed by atoms with van der Waals surface area (Å²) in [6, 6.07) is 18.9. The van der Waals surface area contributed by atoms with Gasteiger partial charge in [-0.1, -0.05) is 54.6 Å². The quantitative estimate of drug-likeness (QED) is 0.778. The van der Waals surface area contributed by atoms with Crippen LogP contribution in [0.2, 0.25) is 0 Å². The largest absolute Gasteiger partial charge is 0.494 e. The first kappa shape index (κ1) is 15.3. The van der Waals surface area contributed by atoms with E-state index >= 15 is 0 Å². The van der Waals surface area contributed by atoms with E-state index in [1.165, 1.54) is 11.1 Å². The molecule has 0 atom stereocenters. The van der Waals surface area contributed by atoms with Gasteiger partial charge in [0.2, 0.25) is 0 Å². The molecule has 1 fully saturated rings. The van der Waals surface area contributed by atoms with E-state index in [1.54, 1.807) is 0 Å². The minimum Gasteiger partial charge on any atom is -0.402 e. The van der Waals surface area contributed by atoms with Crippen LogP contribution in [-0.4, -0.2) is 18.3 Å². The molecule has 0 aromatic heterocycles. The molecule has 0 amide bonds. The normalized spacial score (nSPS) is 19.9. The van der Waals surface area contributed by atoms with Gasteiger partial charge in [-0.15, -0.1) is 0 Å². The lowest BCUT2D eigenvalue weighted by atomic mass is 9.72. The Morgan fingerprint density at radius 1 is 0.727 bits per heavy atom. The first-order valence-corrected chi connectivity index (χ1v) is 7.86. The molecule has 2 aromatic rings.